The van der Waals surface area contributed by atoms with Crippen molar-refractivity contribution in [2.45, 2.75) is 6.92 Å². The zero-order chi connectivity index (χ0) is 22.9. The number of aliphatic imine (C=N–C) groups is 1. The first-order chi connectivity index (χ1) is 15.6. The van der Waals surface area contributed by atoms with Gasteiger partial charge >= 0.3 is 0 Å². The summed E-state index contributed by atoms with van der Waals surface area (Å²) in [6, 6.07) is 13.3. The van der Waals surface area contributed by atoms with Crippen LogP contribution in [0.25, 0.3) is 6.08 Å². The first-order valence-corrected chi connectivity index (χ1v) is 11.8. The Morgan fingerprint density at radius 1 is 1.25 bits per heavy atom. The van der Waals surface area contributed by atoms with E-state index in [1.54, 1.807) is 12.0 Å². The Balaban J connectivity index is 1.96. The molecule has 8 heteroatoms. The Kier molecular flexibility index (Phi) is 9.02. The van der Waals surface area contributed by atoms with Crippen molar-refractivity contribution >= 4 is 57.2 Å². The second-order valence-corrected chi connectivity index (χ2v) is 8.72. The van der Waals surface area contributed by atoms with Gasteiger partial charge < -0.3 is 14.2 Å². The van der Waals surface area contributed by atoms with Gasteiger partial charge in [-0.2, -0.15) is 0 Å². The van der Waals surface area contributed by atoms with Gasteiger partial charge in [0.05, 0.1) is 33.9 Å². The van der Waals surface area contributed by atoms with Crippen LogP contribution in [0.3, 0.4) is 0 Å². The molecule has 6 nitrogen and oxygen atoms in total. The SMILES string of the molecule is C#CCOc1c(I)cc(/C=C2/SC(=Nc3ccccc3)N(CCOC)C2=O)cc1OCC. The van der Waals surface area contributed by atoms with E-state index in [9.17, 15) is 4.79 Å². The highest BCUT2D eigenvalue weighted by molar-refractivity contribution is 14.1. The van der Waals surface area contributed by atoms with E-state index in [0.29, 0.717) is 41.3 Å². The average Bonchev–Trinajstić information content (AvgIpc) is 3.06. The lowest BCUT2D eigenvalue weighted by Gasteiger charge is -2.14. The largest absolute Gasteiger partial charge is 0.490 e. The number of hydrogen-bond donors (Lipinski definition) is 0. The summed E-state index contributed by atoms with van der Waals surface area (Å²) in [5.74, 6) is 3.55. The molecular formula is C24H23IN2O4S. The van der Waals surface area contributed by atoms with Crippen LogP contribution < -0.4 is 9.47 Å². The third-order valence-electron chi connectivity index (χ3n) is 4.32. The molecule has 0 N–H and O–H groups in total. The van der Waals surface area contributed by atoms with Crippen molar-refractivity contribution in [3.63, 3.8) is 0 Å². The topological polar surface area (TPSA) is 60.4 Å². The van der Waals surface area contributed by atoms with Crippen LogP contribution in [0.5, 0.6) is 11.5 Å². The number of amidine groups is 1. The van der Waals surface area contributed by atoms with E-state index >= 15 is 0 Å². The normalized spacial score (nSPS) is 15.9. The highest BCUT2D eigenvalue weighted by Crippen LogP contribution is 2.38. The van der Waals surface area contributed by atoms with Crippen molar-refractivity contribution in [2.75, 3.05) is 33.5 Å². The van der Waals surface area contributed by atoms with Crippen LogP contribution in [0.4, 0.5) is 5.69 Å². The Morgan fingerprint density at radius 2 is 2.03 bits per heavy atom. The first kappa shape index (κ1) is 24.2. The summed E-state index contributed by atoms with van der Waals surface area (Å²) < 4.78 is 17.4. The monoisotopic (exact) mass is 562 g/mol. The summed E-state index contributed by atoms with van der Waals surface area (Å²) in [6.45, 7) is 3.37. The van der Waals surface area contributed by atoms with Crippen LogP contribution in [0.1, 0.15) is 12.5 Å². The van der Waals surface area contributed by atoms with Crippen molar-refractivity contribution in [2.24, 2.45) is 4.99 Å². The summed E-state index contributed by atoms with van der Waals surface area (Å²) in [6.07, 6.45) is 7.17. The van der Waals surface area contributed by atoms with E-state index < -0.39 is 0 Å². The number of amides is 1. The quantitative estimate of drug-likeness (QED) is 0.246. The Labute approximate surface area is 206 Å². The van der Waals surface area contributed by atoms with E-state index in [-0.39, 0.29) is 12.5 Å². The maximum Gasteiger partial charge on any atom is 0.266 e. The maximum absolute atomic E-state index is 13.1. The number of para-hydroxylation sites is 1. The summed E-state index contributed by atoms with van der Waals surface area (Å²) in [7, 11) is 1.61. The first-order valence-electron chi connectivity index (χ1n) is 9.94. The number of halogens is 1. The van der Waals surface area contributed by atoms with Crippen LogP contribution in [0, 0.1) is 15.9 Å². The molecule has 3 rings (SSSR count). The molecule has 0 bridgehead atoms. The van der Waals surface area contributed by atoms with Gasteiger partial charge in [0.25, 0.3) is 5.91 Å². The summed E-state index contributed by atoms with van der Waals surface area (Å²) in [5.41, 5.74) is 1.61. The molecule has 2 aromatic carbocycles. The number of thioether (sulfide) groups is 1. The summed E-state index contributed by atoms with van der Waals surface area (Å²) >= 11 is 3.52. The number of ether oxygens (including phenoxy) is 3. The minimum Gasteiger partial charge on any atom is -0.490 e. The highest BCUT2D eigenvalue weighted by atomic mass is 127. The number of carbonyl (C=O) groups excluding carboxylic acids is 1. The molecule has 32 heavy (non-hydrogen) atoms. The van der Waals surface area contributed by atoms with Crippen LogP contribution in [-0.2, 0) is 9.53 Å². The van der Waals surface area contributed by atoms with Gasteiger partial charge in [0.2, 0.25) is 0 Å². The lowest BCUT2D eigenvalue weighted by Crippen LogP contribution is -2.32. The number of nitrogens with zero attached hydrogens (tertiary/aromatic N) is 2. The molecule has 0 spiro atoms. The summed E-state index contributed by atoms with van der Waals surface area (Å²) in [5, 5.41) is 0.623. The zero-order valence-electron chi connectivity index (χ0n) is 17.8. The average molecular weight is 562 g/mol. The van der Waals surface area contributed by atoms with E-state index in [1.165, 1.54) is 11.8 Å². The fourth-order valence-electron chi connectivity index (χ4n) is 2.92. The van der Waals surface area contributed by atoms with E-state index in [4.69, 9.17) is 20.6 Å². The maximum atomic E-state index is 13.1. The molecule has 1 amide bonds. The van der Waals surface area contributed by atoms with Gasteiger partial charge in [0, 0.05) is 7.11 Å². The molecule has 1 fully saturated rings. The van der Waals surface area contributed by atoms with Crippen LogP contribution in [0.2, 0.25) is 0 Å². The van der Waals surface area contributed by atoms with Gasteiger partial charge in [0.15, 0.2) is 16.7 Å². The minimum atomic E-state index is -0.109. The second-order valence-electron chi connectivity index (χ2n) is 6.55. The lowest BCUT2D eigenvalue weighted by atomic mass is 10.2. The Morgan fingerprint density at radius 3 is 2.72 bits per heavy atom. The van der Waals surface area contributed by atoms with Gasteiger partial charge in [-0.15, -0.1) is 6.42 Å². The van der Waals surface area contributed by atoms with E-state index in [2.05, 4.69) is 33.5 Å². The molecular weight excluding hydrogens is 539 g/mol. The van der Waals surface area contributed by atoms with Crippen molar-refractivity contribution < 1.29 is 19.0 Å². The number of benzene rings is 2. The molecule has 0 aliphatic carbocycles. The Bertz CT molecular complexity index is 1060. The number of rotatable bonds is 9. The molecule has 166 valence electrons. The van der Waals surface area contributed by atoms with E-state index in [0.717, 1.165) is 14.8 Å². The van der Waals surface area contributed by atoms with Gasteiger partial charge in [0.1, 0.15) is 6.61 Å². The molecule has 0 unspecified atom stereocenters. The molecule has 1 aliphatic heterocycles. The molecule has 1 saturated heterocycles. The van der Waals surface area contributed by atoms with Crippen molar-refractivity contribution in [3.05, 3.63) is 56.5 Å². The lowest BCUT2D eigenvalue weighted by molar-refractivity contribution is -0.122. The predicted molar refractivity (Wildman–Crippen MR) is 137 cm³/mol. The fourth-order valence-corrected chi connectivity index (χ4v) is 4.73. The number of terminal acetylenes is 1. The van der Waals surface area contributed by atoms with Gasteiger partial charge in [-0.25, -0.2) is 4.99 Å². The van der Waals surface area contributed by atoms with Crippen molar-refractivity contribution in [1.82, 2.24) is 4.90 Å². The van der Waals surface area contributed by atoms with Crippen molar-refractivity contribution in [1.29, 1.82) is 0 Å². The third kappa shape index (κ3) is 6.06. The predicted octanol–water partition coefficient (Wildman–Crippen LogP) is 4.95. The Hall–Kier alpha value is -2.48. The molecule has 0 aromatic heterocycles. The number of hydrogen-bond acceptors (Lipinski definition) is 6. The van der Waals surface area contributed by atoms with Crippen LogP contribution in [0.15, 0.2) is 52.4 Å². The highest BCUT2D eigenvalue weighted by Gasteiger charge is 2.33. The fraction of sp³-hybridized carbons (Fsp3) is 0.250. The molecule has 0 saturated carbocycles. The van der Waals surface area contributed by atoms with Gasteiger partial charge in [-0.1, -0.05) is 24.1 Å². The van der Waals surface area contributed by atoms with Gasteiger partial charge in [-0.3, -0.25) is 9.69 Å². The molecule has 1 heterocycles. The standard InChI is InChI=1S/C24H23IN2O4S/c1-4-12-31-22-19(25)14-17(15-20(22)30-5-2)16-21-23(28)27(11-13-29-3)24(32-21)26-18-9-7-6-8-10-18/h1,6-10,14-16H,5,11-13H2,2-3H3/b21-16+,26-24?. The second kappa shape index (κ2) is 11.9. The van der Waals surface area contributed by atoms with Crippen LogP contribution in [-0.4, -0.2) is 49.4 Å². The zero-order valence-corrected chi connectivity index (χ0v) is 20.8. The third-order valence-corrected chi connectivity index (χ3v) is 6.13. The molecule has 1 aliphatic rings. The van der Waals surface area contributed by atoms with Crippen molar-refractivity contribution in [3.8, 4) is 23.8 Å². The smallest absolute Gasteiger partial charge is 0.266 e. The molecule has 0 radical (unpaired) electrons. The molecule has 2 aromatic rings. The number of methoxy groups -OCH3 is 1. The minimum absolute atomic E-state index is 0.109. The molecule has 0 atom stereocenters. The van der Waals surface area contributed by atoms with Gasteiger partial charge in [-0.05, 0) is 77.2 Å². The number of carbonyl (C=O) groups is 1. The van der Waals surface area contributed by atoms with E-state index in [1.807, 2.05) is 55.5 Å². The summed E-state index contributed by atoms with van der Waals surface area (Å²) in [4.78, 5) is 20.0. The van der Waals surface area contributed by atoms with Crippen LogP contribution >= 0.6 is 34.4 Å².